The molecule has 1 aromatic heterocycles. The number of aromatic nitrogens is 1. The molecule has 5 heteroatoms. The van der Waals surface area contributed by atoms with Crippen molar-refractivity contribution >= 4 is 17.2 Å². The summed E-state index contributed by atoms with van der Waals surface area (Å²) in [5, 5.41) is 6.20. The van der Waals surface area contributed by atoms with Gasteiger partial charge in [-0.05, 0) is 39.5 Å². The highest BCUT2D eigenvalue weighted by molar-refractivity contribution is 7.09. The van der Waals surface area contributed by atoms with Crippen LogP contribution < -0.4 is 5.32 Å². The van der Waals surface area contributed by atoms with Crippen LogP contribution in [0.25, 0.3) is 0 Å². The van der Waals surface area contributed by atoms with Crippen LogP contribution in [0.5, 0.6) is 0 Å². The molecule has 1 aliphatic rings. The van der Waals surface area contributed by atoms with Crippen molar-refractivity contribution < 1.29 is 9.53 Å². The number of aryl methyl sites for hydroxylation is 1. The van der Waals surface area contributed by atoms with Gasteiger partial charge in [-0.1, -0.05) is 0 Å². The van der Waals surface area contributed by atoms with Gasteiger partial charge in [-0.3, -0.25) is 4.79 Å². The summed E-state index contributed by atoms with van der Waals surface area (Å²) in [5.41, 5.74) is -0.114. The zero-order valence-electron chi connectivity index (χ0n) is 11.6. The maximum Gasteiger partial charge on any atom is 0.220 e. The summed E-state index contributed by atoms with van der Waals surface area (Å²) in [6, 6.07) is 0.260. The van der Waals surface area contributed by atoms with Crippen LogP contribution in [0.2, 0.25) is 0 Å². The summed E-state index contributed by atoms with van der Waals surface area (Å²) >= 11 is 1.65. The van der Waals surface area contributed by atoms with E-state index in [-0.39, 0.29) is 17.6 Å². The zero-order chi connectivity index (χ0) is 13.7. The molecule has 1 N–H and O–H groups in total. The summed E-state index contributed by atoms with van der Waals surface area (Å²) in [6.07, 6.45) is 5.96. The molecule has 4 nitrogen and oxygen atoms in total. The minimum Gasteiger partial charge on any atom is -0.375 e. The zero-order valence-corrected chi connectivity index (χ0v) is 12.5. The summed E-state index contributed by atoms with van der Waals surface area (Å²) in [4.78, 5) is 16.1. The fourth-order valence-electron chi connectivity index (χ4n) is 2.43. The molecule has 0 saturated carbocycles. The largest absolute Gasteiger partial charge is 0.375 e. The summed E-state index contributed by atoms with van der Waals surface area (Å²) in [5.74, 6) is 0.152. The standard InChI is InChI=1S/C14H22N2O2S/c1-14(2)10-11(6-8-18-14)16-12(17)4-3-5-13-15-7-9-19-13/h7,9,11H,3-6,8,10H2,1-2H3,(H,16,17). The first-order valence-electron chi connectivity index (χ1n) is 6.87. The summed E-state index contributed by atoms with van der Waals surface area (Å²) < 4.78 is 5.65. The van der Waals surface area contributed by atoms with E-state index in [0.29, 0.717) is 6.42 Å². The van der Waals surface area contributed by atoms with E-state index in [4.69, 9.17) is 4.74 Å². The van der Waals surface area contributed by atoms with Gasteiger partial charge < -0.3 is 10.1 Å². The topological polar surface area (TPSA) is 51.2 Å². The molecular weight excluding hydrogens is 260 g/mol. The van der Waals surface area contributed by atoms with E-state index in [0.717, 1.165) is 37.3 Å². The number of carbonyl (C=O) groups is 1. The average Bonchev–Trinajstić information content (AvgIpc) is 2.80. The Morgan fingerprint density at radius 2 is 2.47 bits per heavy atom. The Bertz CT molecular complexity index is 404. The molecule has 0 spiro atoms. The van der Waals surface area contributed by atoms with Crippen molar-refractivity contribution in [1.29, 1.82) is 0 Å². The van der Waals surface area contributed by atoms with E-state index < -0.39 is 0 Å². The Morgan fingerprint density at radius 1 is 1.63 bits per heavy atom. The van der Waals surface area contributed by atoms with Crippen molar-refractivity contribution in [2.45, 2.75) is 57.6 Å². The monoisotopic (exact) mass is 282 g/mol. The summed E-state index contributed by atoms with van der Waals surface area (Å²) in [7, 11) is 0. The molecule has 1 saturated heterocycles. The number of hydrogen-bond acceptors (Lipinski definition) is 4. The molecule has 0 aliphatic carbocycles. The molecule has 0 bridgehead atoms. The first-order valence-corrected chi connectivity index (χ1v) is 7.75. The van der Waals surface area contributed by atoms with Gasteiger partial charge in [0.05, 0.1) is 10.6 Å². The smallest absolute Gasteiger partial charge is 0.220 e. The molecule has 106 valence electrons. The van der Waals surface area contributed by atoms with Gasteiger partial charge in [0.25, 0.3) is 0 Å². The molecule has 1 fully saturated rings. The van der Waals surface area contributed by atoms with Crippen molar-refractivity contribution in [2.24, 2.45) is 0 Å². The van der Waals surface area contributed by atoms with Gasteiger partial charge >= 0.3 is 0 Å². The van der Waals surface area contributed by atoms with E-state index >= 15 is 0 Å². The van der Waals surface area contributed by atoms with Crippen LogP contribution in [0, 0.1) is 0 Å². The molecular formula is C14H22N2O2S. The van der Waals surface area contributed by atoms with Crippen LogP contribution in [0.15, 0.2) is 11.6 Å². The van der Waals surface area contributed by atoms with E-state index in [1.54, 1.807) is 11.3 Å². The fourth-order valence-corrected chi connectivity index (χ4v) is 3.09. The lowest BCUT2D eigenvalue weighted by atomic mass is 9.94. The predicted molar refractivity (Wildman–Crippen MR) is 76.2 cm³/mol. The number of ether oxygens (including phenoxy) is 1. The van der Waals surface area contributed by atoms with Gasteiger partial charge in [0.1, 0.15) is 0 Å². The Morgan fingerprint density at radius 3 is 3.16 bits per heavy atom. The minimum atomic E-state index is -0.114. The van der Waals surface area contributed by atoms with E-state index in [1.807, 2.05) is 11.6 Å². The van der Waals surface area contributed by atoms with Crippen molar-refractivity contribution in [3.05, 3.63) is 16.6 Å². The molecule has 1 aliphatic heterocycles. The van der Waals surface area contributed by atoms with Crippen molar-refractivity contribution in [2.75, 3.05) is 6.61 Å². The number of nitrogens with zero attached hydrogens (tertiary/aromatic N) is 1. The third-order valence-corrected chi connectivity index (χ3v) is 4.18. The average molecular weight is 282 g/mol. The van der Waals surface area contributed by atoms with Crippen molar-refractivity contribution in [3.8, 4) is 0 Å². The Kier molecular flexibility index (Phi) is 4.93. The molecule has 19 heavy (non-hydrogen) atoms. The molecule has 1 unspecified atom stereocenters. The Hall–Kier alpha value is -0.940. The SMILES string of the molecule is CC1(C)CC(NC(=O)CCCc2nccs2)CCO1. The van der Waals surface area contributed by atoms with Gasteiger partial charge in [-0.25, -0.2) is 4.98 Å². The van der Waals surface area contributed by atoms with Crippen LogP contribution in [0.1, 0.15) is 44.5 Å². The van der Waals surface area contributed by atoms with Gasteiger partial charge in [0, 0.05) is 30.6 Å². The lowest BCUT2D eigenvalue weighted by molar-refractivity contribution is -0.124. The first kappa shape index (κ1) is 14.5. The lowest BCUT2D eigenvalue weighted by Gasteiger charge is -2.35. The molecule has 2 heterocycles. The van der Waals surface area contributed by atoms with Gasteiger partial charge in [0.2, 0.25) is 5.91 Å². The second-order valence-electron chi connectivity index (χ2n) is 5.64. The number of hydrogen-bond donors (Lipinski definition) is 1. The van der Waals surface area contributed by atoms with Gasteiger partial charge in [-0.15, -0.1) is 11.3 Å². The molecule has 1 aromatic rings. The van der Waals surface area contributed by atoms with Crippen LogP contribution in [-0.4, -0.2) is 29.1 Å². The molecule has 0 radical (unpaired) electrons. The quantitative estimate of drug-likeness (QED) is 0.903. The highest BCUT2D eigenvalue weighted by Crippen LogP contribution is 2.23. The van der Waals surface area contributed by atoms with Crippen molar-refractivity contribution in [1.82, 2.24) is 10.3 Å². The van der Waals surface area contributed by atoms with Gasteiger partial charge in [0.15, 0.2) is 0 Å². The number of rotatable bonds is 5. The maximum absolute atomic E-state index is 11.9. The van der Waals surface area contributed by atoms with E-state index in [1.165, 1.54) is 0 Å². The van der Waals surface area contributed by atoms with E-state index in [2.05, 4.69) is 24.1 Å². The number of carbonyl (C=O) groups excluding carboxylic acids is 1. The second-order valence-corrected chi connectivity index (χ2v) is 6.62. The normalized spacial score (nSPS) is 22.1. The van der Waals surface area contributed by atoms with Crippen LogP contribution in [-0.2, 0) is 16.0 Å². The highest BCUT2D eigenvalue weighted by Gasteiger charge is 2.29. The molecule has 1 atom stereocenters. The summed E-state index contributed by atoms with van der Waals surface area (Å²) in [6.45, 7) is 4.89. The Balaban J connectivity index is 1.66. The van der Waals surface area contributed by atoms with Crippen LogP contribution in [0.3, 0.4) is 0 Å². The predicted octanol–water partition coefficient (Wildman–Crippen LogP) is 2.54. The maximum atomic E-state index is 11.9. The van der Waals surface area contributed by atoms with Crippen LogP contribution in [0.4, 0.5) is 0 Å². The first-order chi connectivity index (χ1) is 9.05. The lowest BCUT2D eigenvalue weighted by Crippen LogP contribution is -2.45. The Labute approximate surface area is 118 Å². The van der Waals surface area contributed by atoms with Crippen molar-refractivity contribution in [3.63, 3.8) is 0 Å². The number of amides is 1. The molecule has 1 amide bonds. The van der Waals surface area contributed by atoms with Crippen LogP contribution >= 0.6 is 11.3 Å². The number of thiazole rings is 1. The number of nitrogens with one attached hydrogen (secondary N) is 1. The second kappa shape index (κ2) is 6.48. The third-order valence-electron chi connectivity index (χ3n) is 3.34. The van der Waals surface area contributed by atoms with Gasteiger partial charge in [-0.2, -0.15) is 0 Å². The highest BCUT2D eigenvalue weighted by atomic mass is 32.1. The van der Waals surface area contributed by atoms with E-state index in [9.17, 15) is 4.79 Å². The molecule has 2 rings (SSSR count). The fraction of sp³-hybridized carbons (Fsp3) is 0.714. The minimum absolute atomic E-state index is 0.114. The third kappa shape index (κ3) is 4.91. The molecule has 0 aromatic carbocycles.